The number of thioether (sulfide) groups is 1. The normalized spacial score (nSPS) is 21.5. The van der Waals surface area contributed by atoms with Crippen LogP contribution in [0.4, 0.5) is 0 Å². The highest BCUT2D eigenvalue weighted by atomic mass is 32.2. The maximum Gasteiger partial charge on any atom is 0.165 e. The van der Waals surface area contributed by atoms with E-state index in [1.54, 1.807) is 7.11 Å². The Morgan fingerprint density at radius 1 is 1.12 bits per heavy atom. The molecule has 0 amide bonds. The Labute approximate surface area is 158 Å². The Morgan fingerprint density at radius 2 is 2.00 bits per heavy atom. The first-order valence-corrected chi connectivity index (χ1v) is 10.3. The molecule has 0 bridgehead atoms. The van der Waals surface area contributed by atoms with Crippen LogP contribution in [0.1, 0.15) is 35.6 Å². The first-order chi connectivity index (χ1) is 12.8. The van der Waals surface area contributed by atoms with Crippen LogP contribution in [-0.2, 0) is 6.42 Å². The molecule has 2 aromatic carbocycles. The molecule has 1 unspecified atom stereocenters. The quantitative estimate of drug-likeness (QED) is 0.759. The van der Waals surface area contributed by atoms with Gasteiger partial charge in [0.2, 0.25) is 0 Å². The summed E-state index contributed by atoms with van der Waals surface area (Å²) in [6, 6.07) is 17.7. The van der Waals surface area contributed by atoms with Crippen LogP contribution in [0.2, 0.25) is 0 Å². The van der Waals surface area contributed by atoms with E-state index < -0.39 is 0 Å². The number of ether oxygens (including phenoxy) is 1. The van der Waals surface area contributed by atoms with E-state index in [1.807, 2.05) is 11.8 Å². The van der Waals surface area contributed by atoms with Gasteiger partial charge in [-0.2, -0.15) is 0 Å². The number of nitrogens with zero attached hydrogens (tertiary/aromatic N) is 2. The molecule has 5 rings (SSSR count). The van der Waals surface area contributed by atoms with Crippen molar-refractivity contribution in [2.24, 2.45) is 4.99 Å². The molecule has 4 heteroatoms. The lowest BCUT2D eigenvalue weighted by molar-refractivity contribution is 0.344. The van der Waals surface area contributed by atoms with Gasteiger partial charge in [-0.3, -0.25) is 0 Å². The van der Waals surface area contributed by atoms with E-state index in [2.05, 4.69) is 53.4 Å². The maximum absolute atomic E-state index is 5.43. The summed E-state index contributed by atoms with van der Waals surface area (Å²) in [4.78, 5) is 7.67. The van der Waals surface area contributed by atoms with E-state index in [-0.39, 0.29) is 0 Å². The Balaban J connectivity index is 1.68. The van der Waals surface area contributed by atoms with Gasteiger partial charge in [-0.15, -0.1) is 0 Å². The average Bonchev–Trinajstić information content (AvgIpc) is 2.72. The molecule has 2 heterocycles. The fourth-order valence-corrected chi connectivity index (χ4v) is 5.28. The summed E-state index contributed by atoms with van der Waals surface area (Å²) in [6.07, 6.45) is 3.34. The van der Waals surface area contributed by atoms with Crippen LogP contribution in [0, 0.1) is 0 Å². The molecule has 3 nitrogen and oxygen atoms in total. The number of rotatable bonds is 2. The summed E-state index contributed by atoms with van der Waals surface area (Å²) >= 11 is 1.90. The third kappa shape index (κ3) is 2.55. The molecule has 0 saturated carbocycles. The smallest absolute Gasteiger partial charge is 0.165 e. The van der Waals surface area contributed by atoms with Gasteiger partial charge in [-0.05, 0) is 54.2 Å². The van der Waals surface area contributed by atoms with Crippen molar-refractivity contribution in [2.75, 3.05) is 19.4 Å². The summed E-state index contributed by atoms with van der Waals surface area (Å²) < 4.78 is 5.43. The number of hydrogen-bond acceptors (Lipinski definition) is 4. The molecule has 3 aliphatic rings. The van der Waals surface area contributed by atoms with Crippen LogP contribution >= 0.6 is 11.8 Å². The molecule has 1 fully saturated rings. The van der Waals surface area contributed by atoms with E-state index in [0.717, 1.165) is 30.9 Å². The molecule has 1 aliphatic carbocycles. The molecule has 26 heavy (non-hydrogen) atoms. The summed E-state index contributed by atoms with van der Waals surface area (Å²) in [6.45, 7) is 1.09. The zero-order valence-electron chi connectivity index (χ0n) is 14.9. The molecular weight excluding hydrogens is 340 g/mol. The fourth-order valence-electron chi connectivity index (χ4n) is 4.31. The lowest BCUT2D eigenvalue weighted by Crippen LogP contribution is -2.41. The van der Waals surface area contributed by atoms with Crippen molar-refractivity contribution in [3.63, 3.8) is 0 Å². The van der Waals surface area contributed by atoms with Gasteiger partial charge in [0.15, 0.2) is 5.17 Å². The molecule has 1 atom stereocenters. The zero-order valence-corrected chi connectivity index (χ0v) is 15.8. The second kappa shape index (κ2) is 6.51. The number of methoxy groups -OCH3 is 1. The number of amidine groups is 1. The molecule has 0 spiro atoms. The zero-order chi connectivity index (χ0) is 17.5. The summed E-state index contributed by atoms with van der Waals surface area (Å²) in [5.74, 6) is 2.10. The van der Waals surface area contributed by atoms with E-state index in [9.17, 15) is 0 Å². The van der Waals surface area contributed by atoms with Gasteiger partial charge >= 0.3 is 0 Å². The summed E-state index contributed by atoms with van der Waals surface area (Å²) in [7, 11) is 1.73. The summed E-state index contributed by atoms with van der Waals surface area (Å²) in [5.41, 5.74) is 6.69. The van der Waals surface area contributed by atoms with Gasteiger partial charge in [-0.1, -0.05) is 42.1 Å². The molecule has 2 aromatic rings. The van der Waals surface area contributed by atoms with E-state index >= 15 is 0 Å². The van der Waals surface area contributed by atoms with Gasteiger partial charge in [0.25, 0.3) is 0 Å². The van der Waals surface area contributed by atoms with Crippen molar-refractivity contribution in [1.29, 1.82) is 0 Å². The molecule has 1 saturated heterocycles. The van der Waals surface area contributed by atoms with Gasteiger partial charge in [-0.25, -0.2) is 4.99 Å². The van der Waals surface area contributed by atoms with Gasteiger partial charge < -0.3 is 9.64 Å². The lowest BCUT2D eigenvalue weighted by Gasteiger charge is -2.43. The number of aryl methyl sites for hydroxylation is 1. The van der Waals surface area contributed by atoms with Crippen LogP contribution in [0.15, 0.2) is 59.1 Å². The highest BCUT2D eigenvalue weighted by Crippen LogP contribution is 2.47. The molecular formula is C22H22N2OS. The second-order valence-corrected chi connectivity index (χ2v) is 8.06. The Morgan fingerprint density at radius 3 is 2.85 bits per heavy atom. The highest BCUT2D eigenvalue weighted by molar-refractivity contribution is 8.13. The van der Waals surface area contributed by atoms with E-state index in [0.29, 0.717) is 6.04 Å². The monoisotopic (exact) mass is 362 g/mol. The van der Waals surface area contributed by atoms with Crippen LogP contribution < -0.4 is 4.74 Å². The van der Waals surface area contributed by atoms with Crippen molar-refractivity contribution < 1.29 is 4.74 Å². The van der Waals surface area contributed by atoms with Crippen LogP contribution in [0.25, 0.3) is 5.70 Å². The van der Waals surface area contributed by atoms with Crippen LogP contribution in [0.5, 0.6) is 5.75 Å². The number of aliphatic imine (C=N–C) groups is 1. The first-order valence-electron chi connectivity index (χ1n) is 9.28. The van der Waals surface area contributed by atoms with Crippen molar-refractivity contribution >= 4 is 22.6 Å². The van der Waals surface area contributed by atoms with E-state index in [4.69, 9.17) is 9.73 Å². The minimum atomic E-state index is 0.321. The standard InChI is InChI=1S/C22H22N2OS/c1-25-17-9-11-18-16(14-17)8-10-19-20(18)23-22-24(12-5-13-26-22)21(19)15-6-3-2-4-7-15/h2-4,6-7,9,11,14,21H,5,8,10,12-13H2,1H3. The van der Waals surface area contributed by atoms with Gasteiger partial charge in [0.05, 0.1) is 18.8 Å². The number of hydrogen-bond donors (Lipinski definition) is 0. The Kier molecular flexibility index (Phi) is 4.01. The minimum Gasteiger partial charge on any atom is -0.497 e. The number of benzene rings is 2. The van der Waals surface area contributed by atoms with Gasteiger partial charge in [0, 0.05) is 17.9 Å². The number of fused-ring (bicyclic) bond motifs is 3. The second-order valence-electron chi connectivity index (χ2n) is 7.00. The molecule has 132 valence electrons. The van der Waals surface area contributed by atoms with Gasteiger partial charge in [0.1, 0.15) is 5.75 Å². The van der Waals surface area contributed by atoms with Crippen molar-refractivity contribution in [1.82, 2.24) is 4.90 Å². The molecule has 0 N–H and O–H groups in total. The first kappa shape index (κ1) is 16.0. The SMILES string of the molecule is COc1ccc2c(c1)CCC1=C2N=C2SCCCN2C1c1ccccc1. The average molecular weight is 362 g/mol. The maximum atomic E-state index is 5.43. The predicted octanol–water partition coefficient (Wildman–Crippen LogP) is 4.90. The highest BCUT2D eigenvalue weighted by Gasteiger charge is 2.37. The molecule has 2 aliphatic heterocycles. The Bertz CT molecular complexity index is 904. The van der Waals surface area contributed by atoms with Crippen molar-refractivity contribution in [2.45, 2.75) is 25.3 Å². The third-order valence-electron chi connectivity index (χ3n) is 5.52. The third-order valence-corrected chi connectivity index (χ3v) is 6.60. The topological polar surface area (TPSA) is 24.8 Å². The van der Waals surface area contributed by atoms with Crippen molar-refractivity contribution in [3.8, 4) is 5.75 Å². The van der Waals surface area contributed by atoms with E-state index in [1.165, 1.54) is 39.5 Å². The molecule has 0 aromatic heterocycles. The fraction of sp³-hybridized carbons (Fsp3) is 0.318. The van der Waals surface area contributed by atoms with Crippen LogP contribution in [-0.4, -0.2) is 29.5 Å². The minimum absolute atomic E-state index is 0.321. The largest absolute Gasteiger partial charge is 0.497 e. The van der Waals surface area contributed by atoms with Crippen molar-refractivity contribution in [3.05, 3.63) is 70.8 Å². The summed E-state index contributed by atoms with van der Waals surface area (Å²) in [5, 5.41) is 1.19. The molecule has 0 radical (unpaired) electrons. The Hall–Kier alpha value is -2.20. The predicted molar refractivity (Wildman–Crippen MR) is 109 cm³/mol. The van der Waals surface area contributed by atoms with Crippen LogP contribution in [0.3, 0.4) is 0 Å². The lowest BCUT2D eigenvalue weighted by atomic mass is 9.82.